The van der Waals surface area contributed by atoms with E-state index in [1.807, 2.05) is 65.0 Å². The lowest BCUT2D eigenvalue weighted by Crippen LogP contribution is -2.52. The van der Waals surface area contributed by atoms with E-state index >= 15 is 0 Å². The lowest BCUT2D eigenvalue weighted by atomic mass is 9.91. The van der Waals surface area contributed by atoms with Crippen LogP contribution in [0.15, 0.2) is 35.3 Å². The van der Waals surface area contributed by atoms with Gasteiger partial charge in [-0.1, -0.05) is 44.2 Å². The molecule has 1 aromatic rings. The second-order valence-electron chi connectivity index (χ2n) is 13.6. The average Bonchev–Trinajstić information content (AvgIpc) is 2.94. The van der Waals surface area contributed by atoms with Crippen molar-refractivity contribution >= 4 is 29.5 Å². The van der Waals surface area contributed by atoms with E-state index in [9.17, 15) is 19.2 Å². The maximum Gasteiger partial charge on any atom is 0.329 e. The van der Waals surface area contributed by atoms with Crippen molar-refractivity contribution in [2.75, 3.05) is 20.2 Å². The normalized spacial score (nSPS) is 15.0. The molecule has 0 saturated carbocycles. The molecule has 2 amide bonds. The Kier molecular flexibility index (Phi) is 16.2. The average molecular weight is 633 g/mol. The highest BCUT2D eigenvalue weighted by Crippen LogP contribution is 2.18. The number of nitrogens with two attached hydrogens (primary N) is 2. The van der Waals surface area contributed by atoms with Gasteiger partial charge in [-0.05, 0) is 65.9 Å². The molecule has 1 rings (SSSR count). The molecule has 0 aliphatic heterocycles. The van der Waals surface area contributed by atoms with Gasteiger partial charge >= 0.3 is 5.97 Å². The summed E-state index contributed by atoms with van der Waals surface area (Å²) in [5.74, 6) is -2.80. The zero-order valence-corrected chi connectivity index (χ0v) is 28.6. The Labute approximate surface area is 268 Å². The van der Waals surface area contributed by atoms with Crippen LogP contribution in [0, 0.1) is 11.8 Å². The molecule has 0 heterocycles. The summed E-state index contributed by atoms with van der Waals surface area (Å²) in [5.41, 5.74) is 11.2. The van der Waals surface area contributed by atoms with Gasteiger partial charge in [-0.3, -0.25) is 19.4 Å². The van der Waals surface area contributed by atoms with Gasteiger partial charge in [0, 0.05) is 26.4 Å². The van der Waals surface area contributed by atoms with Gasteiger partial charge in [0.15, 0.2) is 11.7 Å². The van der Waals surface area contributed by atoms with Gasteiger partial charge in [0.25, 0.3) is 0 Å². The Hall–Kier alpha value is -3.51. The van der Waals surface area contributed by atoms with Crippen molar-refractivity contribution in [2.24, 2.45) is 28.3 Å². The Morgan fingerprint density at radius 1 is 0.933 bits per heavy atom. The molecule has 0 aliphatic rings. The van der Waals surface area contributed by atoms with Gasteiger partial charge in [-0.25, -0.2) is 4.79 Å². The molecular formula is C33H56N6O6. The molecule has 0 radical (unpaired) electrons. The predicted octanol–water partition coefficient (Wildman–Crippen LogP) is 2.23. The number of aliphatic imine (C=N–C) groups is 1. The standard InChI is InChI=1S/C33H56N6O6/c1-21(2)27(39-29(42)24(34)16-13-17-37-31(35)36-9)26(40)19-23(20-44-32(3,4)5)28(41)38-25(30(43)45-33(6,7)8)18-22-14-11-10-12-15-22/h10-12,14-15,21,23-25,27H,13,16-20,34H2,1-9H3,(H,38,41)(H,39,42)(H3,35,36,37)/t23-,24-,25-,27-/m0/s1. The summed E-state index contributed by atoms with van der Waals surface area (Å²) in [6.45, 7) is 14.9. The number of amides is 2. The van der Waals surface area contributed by atoms with E-state index in [0.29, 0.717) is 25.3 Å². The fourth-order valence-electron chi connectivity index (χ4n) is 4.28. The van der Waals surface area contributed by atoms with Crippen molar-refractivity contribution in [3.8, 4) is 0 Å². The smallest absolute Gasteiger partial charge is 0.329 e. The number of benzene rings is 1. The van der Waals surface area contributed by atoms with Crippen molar-refractivity contribution in [1.82, 2.24) is 16.0 Å². The van der Waals surface area contributed by atoms with Crippen molar-refractivity contribution in [3.05, 3.63) is 35.9 Å². The number of rotatable bonds is 17. The molecule has 12 heteroatoms. The number of carbonyl (C=O) groups is 4. The molecule has 254 valence electrons. The number of hydrogen-bond acceptors (Lipinski definition) is 8. The summed E-state index contributed by atoms with van der Waals surface area (Å²) in [6, 6.07) is 6.59. The first-order valence-corrected chi connectivity index (χ1v) is 15.6. The Balaban J connectivity index is 3.10. The third-order valence-electron chi connectivity index (χ3n) is 6.71. The molecule has 0 aromatic heterocycles. The topological polar surface area (TPSA) is 187 Å². The van der Waals surface area contributed by atoms with Crippen LogP contribution in [0.1, 0.15) is 80.2 Å². The van der Waals surface area contributed by atoms with E-state index in [1.54, 1.807) is 27.8 Å². The zero-order valence-electron chi connectivity index (χ0n) is 28.6. The number of carbonyl (C=O) groups excluding carboxylic acids is 4. The molecule has 0 fully saturated rings. The molecule has 0 unspecified atom stereocenters. The number of Topliss-reactive ketones (excluding diaryl/α,β-unsaturated/α-hetero) is 1. The van der Waals surface area contributed by atoms with E-state index < -0.39 is 53.0 Å². The molecule has 1 aromatic carbocycles. The van der Waals surface area contributed by atoms with Crippen LogP contribution in [0.25, 0.3) is 0 Å². The van der Waals surface area contributed by atoms with Gasteiger partial charge in [-0.2, -0.15) is 0 Å². The predicted molar refractivity (Wildman–Crippen MR) is 176 cm³/mol. The van der Waals surface area contributed by atoms with E-state index in [-0.39, 0.29) is 31.1 Å². The Morgan fingerprint density at radius 2 is 1.56 bits per heavy atom. The van der Waals surface area contributed by atoms with Crippen molar-refractivity contribution in [1.29, 1.82) is 0 Å². The van der Waals surface area contributed by atoms with Gasteiger partial charge in [0.1, 0.15) is 11.6 Å². The summed E-state index contributed by atoms with van der Waals surface area (Å²) < 4.78 is 11.5. The fraction of sp³-hybridized carbons (Fsp3) is 0.667. The van der Waals surface area contributed by atoms with E-state index in [0.717, 1.165) is 5.56 Å². The van der Waals surface area contributed by atoms with Crippen LogP contribution < -0.4 is 27.4 Å². The lowest BCUT2D eigenvalue weighted by molar-refractivity contribution is -0.159. The van der Waals surface area contributed by atoms with Crippen molar-refractivity contribution < 1.29 is 28.7 Å². The lowest BCUT2D eigenvalue weighted by Gasteiger charge is -2.29. The number of hydrogen-bond donors (Lipinski definition) is 5. The van der Waals surface area contributed by atoms with Crippen molar-refractivity contribution in [2.45, 2.75) is 110 Å². The second-order valence-corrected chi connectivity index (χ2v) is 13.6. The first kappa shape index (κ1) is 39.5. The van der Waals surface area contributed by atoms with Crippen LogP contribution >= 0.6 is 0 Å². The molecule has 0 aliphatic carbocycles. The van der Waals surface area contributed by atoms with Gasteiger partial charge in [0.2, 0.25) is 11.8 Å². The van der Waals surface area contributed by atoms with Gasteiger partial charge < -0.3 is 36.9 Å². The molecule has 4 atom stereocenters. The summed E-state index contributed by atoms with van der Waals surface area (Å²) in [7, 11) is 1.57. The highest BCUT2D eigenvalue weighted by molar-refractivity contribution is 5.94. The first-order valence-electron chi connectivity index (χ1n) is 15.6. The number of ketones is 1. The highest BCUT2D eigenvalue weighted by Gasteiger charge is 2.34. The van der Waals surface area contributed by atoms with Crippen LogP contribution in [0.2, 0.25) is 0 Å². The molecule has 45 heavy (non-hydrogen) atoms. The van der Waals surface area contributed by atoms with Crippen molar-refractivity contribution in [3.63, 3.8) is 0 Å². The highest BCUT2D eigenvalue weighted by atomic mass is 16.6. The van der Waals surface area contributed by atoms with Crippen LogP contribution in [0.5, 0.6) is 0 Å². The van der Waals surface area contributed by atoms with E-state index in [2.05, 4.69) is 20.9 Å². The molecule has 0 bridgehead atoms. The molecule has 7 N–H and O–H groups in total. The largest absolute Gasteiger partial charge is 0.458 e. The van der Waals surface area contributed by atoms with Gasteiger partial charge in [0.05, 0.1) is 30.2 Å². The maximum absolute atomic E-state index is 13.7. The van der Waals surface area contributed by atoms with E-state index in [1.165, 1.54) is 0 Å². The number of esters is 1. The summed E-state index contributed by atoms with van der Waals surface area (Å²) in [4.78, 5) is 57.3. The molecular weight excluding hydrogens is 576 g/mol. The number of ether oxygens (including phenoxy) is 2. The Morgan fingerprint density at radius 3 is 2.09 bits per heavy atom. The third-order valence-corrected chi connectivity index (χ3v) is 6.71. The fourth-order valence-corrected chi connectivity index (χ4v) is 4.28. The van der Waals surface area contributed by atoms with Crippen LogP contribution in [0.3, 0.4) is 0 Å². The van der Waals surface area contributed by atoms with Gasteiger partial charge in [-0.15, -0.1) is 0 Å². The van der Waals surface area contributed by atoms with Crippen LogP contribution in [0.4, 0.5) is 0 Å². The van der Waals surface area contributed by atoms with Crippen LogP contribution in [-0.4, -0.2) is 79.1 Å². The number of guanidine groups is 1. The number of nitrogens with zero attached hydrogens (tertiary/aromatic N) is 1. The molecule has 0 spiro atoms. The second kappa shape index (κ2) is 18.5. The molecule has 12 nitrogen and oxygen atoms in total. The number of nitrogens with one attached hydrogen (secondary N) is 3. The minimum absolute atomic E-state index is 0.0665. The first-order chi connectivity index (χ1) is 20.8. The summed E-state index contributed by atoms with van der Waals surface area (Å²) >= 11 is 0. The quantitative estimate of drug-likeness (QED) is 0.0743. The third kappa shape index (κ3) is 16.4. The minimum Gasteiger partial charge on any atom is -0.458 e. The minimum atomic E-state index is -0.988. The van der Waals surface area contributed by atoms with E-state index in [4.69, 9.17) is 20.9 Å². The monoisotopic (exact) mass is 632 g/mol. The SMILES string of the molecule is CN=C(N)NCCC[C@H](N)C(=O)N[C@H](C(=O)C[C@@H](COC(C)(C)C)C(=O)N[C@@H](Cc1ccccc1)C(=O)OC(C)(C)C)C(C)C. The Bertz CT molecular complexity index is 1130. The molecule has 0 saturated heterocycles. The van der Waals surface area contributed by atoms with Crippen LogP contribution in [-0.2, 0) is 35.1 Å². The maximum atomic E-state index is 13.7. The zero-order chi connectivity index (χ0) is 34.4. The summed E-state index contributed by atoms with van der Waals surface area (Å²) in [5, 5.41) is 8.51. The summed E-state index contributed by atoms with van der Waals surface area (Å²) in [6.07, 6.45) is 0.927.